The first-order chi connectivity index (χ1) is 7.37. The Balaban J connectivity index is 2.57. The van der Waals surface area contributed by atoms with Crippen LogP contribution in [0.25, 0.3) is 0 Å². The number of nitrogens with one attached hydrogen (secondary N) is 1. The molecule has 0 saturated carbocycles. The summed E-state index contributed by atoms with van der Waals surface area (Å²) in [5.41, 5.74) is -1.49. The molecule has 1 amide bonds. The van der Waals surface area contributed by atoms with E-state index in [4.69, 9.17) is 14.7 Å². The molecule has 0 spiro atoms. The lowest BCUT2D eigenvalue weighted by Crippen LogP contribution is -2.54. The Hall–Kier alpha value is -1.28. The molecule has 0 aliphatic carbocycles. The van der Waals surface area contributed by atoms with Crippen LogP contribution in [0, 0.1) is 11.3 Å². The fourth-order valence-electron chi connectivity index (χ4n) is 1.51. The van der Waals surface area contributed by atoms with E-state index in [1.807, 2.05) is 0 Å². The van der Waals surface area contributed by atoms with E-state index in [1.165, 1.54) is 0 Å². The molecular formula is C11H18N2O3. The van der Waals surface area contributed by atoms with Crippen LogP contribution in [0.15, 0.2) is 0 Å². The molecule has 1 saturated heterocycles. The minimum Gasteiger partial charge on any atom is -0.444 e. The molecule has 16 heavy (non-hydrogen) atoms. The Bertz CT molecular complexity index is 295. The number of nitriles is 1. The van der Waals surface area contributed by atoms with Gasteiger partial charge in [0.25, 0.3) is 0 Å². The number of carbonyl (C=O) groups is 1. The van der Waals surface area contributed by atoms with Crippen LogP contribution >= 0.6 is 0 Å². The monoisotopic (exact) mass is 226 g/mol. The van der Waals surface area contributed by atoms with Gasteiger partial charge in [-0.05, 0) is 33.6 Å². The summed E-state index contributed by atoms with van der Waals surface area (Å²) < 4.78 is 10.3. The topological polar surface area (TPSA) is 71.3 Å². The average Bonchev–Trinajstić information content (AvgIpc) is 2.16. The Kier molecular flexibility index (Phi) is 3.76. The number of carbonyl (C=O) groups excluding carboxylic acids is 1. The van der Waals surface area contributed by atoms with E-state index >= 15 is 0 Å². The summed E-state index contributed by atoms with van der Waals surface area (Å²) >= 11 is 0. The second-order valence-electron chi connectivity index (χ2n) is 4.98. The highest BCUT2D eigenvalue weighted by Crippen LogP contribution is 2.19. The predicted molar refractivity (Wildman–Crippen MR) is 57.8 cm³/mol. The van der Waals surface area contributed by atoms with E-state index in [9.17, 15) is 4.79 Å². The average molecular weight is 226 g/mol. The third-order valence-electron chi connectivity index (χ3n) is 2.19. The van der Waals surface area contributed by atoms with Crippen molar-refractivity contribution in [3.8, 4) is 6.07 Å². The summed E-state index contributed by atoms with van der Waals surface area (Å²) in [6, 6.07) is 2.10. The lowest BCUT2D eigenvalue weighted by atomic mass is 9.94. The summed E-state index contributed by atoms with van der Waals surface area (Å²) in [7, 11) is 0. The molecule has 90 valence electrons. The number of rotatable bonds is 1. The quantitative estimate of drug-likeness (QED) is 0.737. The van der Waals surface area contributed by atoms with Crippen molar-refractivity contribution in [1.82, 2.24) is 5.32 Å². The molecule has 5 heteroatoms. The zero-order valence-corrected chi connectivity index (χ0v) is 10.0. The number of nitrogens with zero attached hydrogens (tertiary/aromatic N) is 1. The van der Waals surface area contributed by atoms with E-state index in [0.29, 0.717) is 13.0 Å². The van der Waals surface area contributed by atoms with Crippen LogP contribution in [-0.4, -0.2) is 30.4 Å². The second-order valence-corrected chi connectivity index (χ2v) is 4.98. The molecule has 1 rings (SSSR count). The molecule has 1 atom stereocenters. The zero-order valence-electron chi connectivity index (χ0n) is 10.0. The van der Waals surface area contributed by atoms with Gasteiger partial charge in [0.2, 0.25) is 0 Å². The van der Waals surface area contributed by atoms with Gasteiger partial charge in [-0.25, -0.2) is 4.79 Å². The first kappa shape index (κ1) is 12.8. The van der Waals surface area contributed by atoms with Gasteiger partial charge in [0.15, 0.2) is 5.54 Å². The maximum atomic E-state index is 11.6. The second kappa shape index (κ2) is 4.71. The largest absolute Gasteiger partial charge is 0.444 e. The third kappa shape index (κ3) is 3.70. The van der Waals surface area contributed by atoms with E-state index in [2.05, 4.69) is 11.4 Å². The highest BCUT2D eigenvalue weighted by Gasteiger charge is 2.36. The summed E-state index contributed by atoms with van der Waals surface area (Å²) in [4.78, 5) is 11.6. The van der Waals surface area contributed by atoms with Gasteiger partial charge < -0.3 is 14.8 Å². The number of hydrogen-bond donors (Lipinski definition) is 1. The van der Waals surface area contributed by atoms with Crippen LogP contribution in [0.2, 0.25) is 0 Å². The van der Waals surface area contributed by atoms with Gasteiger partial charge in [0, 0.05) is 6.61 Å². The SMILES string of the molecule is CC(C)(C)OC(=O)NC1(C#N)CCCOC1. The highest BCUT2D eigenvalue weighted by molar-refractivity contribution is 5.69. The Morgan fingerprint density at radius 1 is 1.56 bits per heavy atom. The summed E-state index contributed by atoms with van der Waals surface area (Å²) in [5.74, 6) is 0. The van der Waals surface area contributed by atoms with Crippen LogP contribution in [0.3, 0.4) is 0 Å². The molecule has 1 N–H and O–H groups in total. The van der Waals surface area contributed by atoms with Gasteiger partial charge in [-0.1, -0.05) is 0 Å². The number of amides is 1. The normalized spacial score (nSPS) is 25.6. The molecule has 0 aromatic rings. The van der Waals surface area contributed by atoms with Gasteiger partial charge in [-0.3, -0.25) is 0 Å². The predicted octanol–water partition coefficient (Wildman–Crippen LogP) is 1.58. The first-order valence-electron chi connectivity index (χ1n) is 5.37. The van der Waals surface area contributed by atoms with Crippen molar-refractivity contribution >= 4 is 6.09 Å². The molecule has 1 unspecified atom stereocenters. The molecule has 0 bridgehead atoms. The third-order valence-corrected chi connectivity index (χ3v) is 2.19. The summed E-state index contributed by atoms with van der Waals surface area (Å²) in [6.45, 7) is 6.21. The smallest absolute Gasteiger partial charge is 0.408 e. The standard InChI is InChI=1S/C11H18N2O3/c1-10(2,3)16-9(14)13-11(7-12)5-4-6-15-8-11/h4-6,8H2,1-3H3,(H,13,14). The Morgan fingerprint density at radius 3 is 2.69 bits per heavy atom. The molecule has 5 nitrogen and oxygen atoms in total. The van der Waals surface area contributed by atoms with Gasteiger partial charge >= 0.3 is 6.09 Å². The van der Waals surface area contributed by atoms with Crippen molar-refractivity contribution in [2.24, 2.45) is 0 Å². The molecule has 1 aliphatic rings. The van der Waals surface area contributed by atoms with Crippen molar-refractivity contribution in [3.05, 3.63) is 0 Å². The Morgan fingerprint density at radius 2 is 2.25 bits per heavy atom. The van der Waals surface area contributed by atoms with Crippen LogP contribution in [-0.2, 0) is 9.47 Å². The molecular weight excluding hydrogens is 208 g/mol. The molecule has 0 aromatic heterocycles. The van der Waals surface area contributed by atoms with Crippen LogP contribution < -0.4 is 5.32 Å². The minimum atomic E-state index is -0.930. The van der Waals surface area contributed by atoms with E-state index in [-0.39, 0.29) is 6.61 Å². The summed E-state index contributed by atoms with van der Waals surface area (Å²) in [5, 5.41) is 11.7. The molecule has 0 aromatic carbocycles. The van der Waals surface area contributed by atoms with Crippen molar-refractivity contribution in [1.29, 1.82) is 5.26 Å². The van der Waals surface area contributed by atoms with Crippen molar-refractivity contribution in [2.45, 2.75) is 44.8 Å². The Labute approximate surface area is 95.7 Å². The van der Waals surface area contributed by atoms with Gasteiger partial charge in [0.05, 0.1) is 12.7 Å². The number of hydrogen-bond acceptors (Lipinski definition) is 4. The molecule has 1 aliphatic heterocycles. The van der Waals surface area contributed by atoms with E-state index < -0.39 is 17.2 Å². The fraction of sp³-hybridized carbons (Fsp3) is 0.818. The molecule has 0 radical (unpaired) electrons. The van der Waals surface area contributed by atoms with Gasteiger partial charge in [-0.2, -0.15) is 5.26 Å². The number of alkyl carbamates (subject to hydrolysis) is 1. The van der Waals surface area contributed by atoms with Crippen molar-refractivity contribution in [3.63, 3.8) is 0 Å². The van der Waals surface area contributed by atoms with E-state index in [0.717, 1.165) is 6.42 Å². The number of ether oxygens (including phenoxy) is 2. The maximum absolute atomic E-state index is 11.6. The lowest BCUT2D eigenvalue weighted by Gasteiger charge is -2.32. The van der Waals surface area contributed by atoms with Crippen LogP contribution in [0.5, 0.6) is 0 Å². The maximum Gasteiger partial charge on any atom is 0.408 e. The molecule has 1 heterocycles. The first-order valence-corrected chi connectivity index (χ1v) is 5.37. The van der Waals surface area contributed by atoms with E-state index in [1.54, 1.807) is 20.8 Å². The fourth-order valence-corrected chi connectivity index (χ4v) is 1.51. The highest BCUT2D eigenvalue weighted by atomic mass is 16.6. The summed E-state index contributed by atoms with van der Waals surface area (Å²) in [6.07, 6.45) is 0.797. The molecule has 1 fully saturated rings. The van der Waals surface area contributed by atoms with Crippen molar-refractivity contribution < 1.29 is 14.3 Å². The van der Waals surface area contributed by atoms with Crippen molar-refractivity contribution in [2.75, 3.05) is 13.2 Å². The van der Waals surface area contributed by atoms with Crippen LogP contribution in [0.1, 0.15) is 33.6 Å². The van der Waals surface area contributed by atoms with Crippen LogP contribution in [0.4, 0.5) is 4.79 Å². The minimum absolute atomic E-state index is 0.225. The van der Waals surface area contributed by atoms with Gasteiger partial charge in [0.1, 0.15) is 5.60 Å². The van der Waals surface area contributed by atoms with Gasteiger partial charge in [-0.15, -0.1) is 0 Å². The lowest BCUT2D eigenvalue weighted by molar-refractivity contribution is 0.0204. The zero-order chi connectivity index (χ0) is 12.2.